The molecule has 1 aromatic rings. The molecule has 6 nitrogen and oxygen atoms in total. The number of likely N-dealkylation sites (N-methyl/N-ethyl adjacent to an activating group) is 1. The van der Waals surface area contributed by atoms with E-state index in [1.165, 1.54) is 0 Å². The normalized spacial score (nSPS) is 15.9. The van der Waals surface area contributed by atoms with E-state index in [9.17, 15) is 4.79 Å². The van der Waals surface area contributed by atoms with Crippen LogP contribution >= 0.6 is 0 Å². The number of carbonyl (C=O) groups excluding carboxylic acids is 1. The van der Waals surface area contributed by atoms with E-state index in [4.69, 9.17) is 0 Å². The van der Waals surface area contributed by atoms with Gasteiger partial charge in [-0.25, -0.2) is 9.97 Å². The summed E-state index contributed by atoms with van der Waals surface area (Å²) < 4.78 is 0. The summed E-state index contributed by atoms with van der Waals surface area (Å²) in [6, 6.07) is 0. The van der Waals surface area contributed by atoms with Gasteiger partial charge in [0, 0.05) is 51.7 Å². The predicted molar refractivity (Wildman–Crippen MR) is 88.2 cm³/mol. The Kier molecular flexibility index (Phi) is 6.12. The Morgan fingerprint density at radius 1 is 1.09 bits per heavy atom. The van der Waals surface area contributed by atoms with Crippen LogP contribution in [0.5, 0.6) is 0 Å². The number of piperazine rings is 1. The maximum Gasteiger partial charge on any atom is 0.256 e. The largest absolute Gasteiger partial charge is 0.339 e. The topological polar surface area (TPSA) is 52.6 Å². The quantitative estimate of drug-likeness (QED) is 0.797. The van der Waals surface area contributed by atoms with Crippen molar-refractivity contribution in [2.75, 3.05) is 51.2 Å². The molecule has 122 valence electrons. The molecule has 0 atom stereocenters. The molecule has 0 saturated carbocycles. The molecule has 6 heteroatoms. The lowest BCUT2D eigenvalue weighted by atomic mass is 10.2. The molecule has 2 heterocycles. The van der Waals surface area contributed by atoms with Crippen molar-refractivity contribution < 1.29 is 4.79 Å². The number of carbonyl (C=O) groups is 1. The van der Waals surface area contributed by atoms with Crippen LogP contribution in [0.15, 0.2) is 12.4 Å². The first-order chi connectivity index (χ1) is 10.7. The van der Waals surface area contributed by atoms with Crippen LogP contribution < -0.4 is 4.90 Å². The van der Waals surface area contributed by atoms with E-state index in [0.29, 0.717) is 5.56 Å². The summed E-state index contributed by atoms with van der Waals surface area (Å²) in [6.07, 6.45) is 5.26. The van der Waals surface area contributed by atoms with Gasteiger partial charge in [-0.1, -0.05) is 13.8 Å². The van der Waals surface area contributed by atoms with Crippen LogP contribution in [0.25, 0.3) is 0 Å². The lowest BCUT2D eigenvalue weighted by Crippen LogP contribution is -2.45. The van der Waals surface area contributed by atoms with Gasteiger partial charge < -0.3 is 14.7 Å². The zero-order chi connectivity index (χ0) is 15.9. The molecule has 0 bridgehead atoms. The Morgan fingerprint density at radius 2 is 1.64 bits per heavy atom. The first-order valence-corrected chi connectivity index (χ1v) is 8.20. The smallest absolute Gasteiger partial charge is 0.256 e. The summed E-state index contributed by atoms with van der Waals surface area (Å²) >= 11 is 0. The Morgan fingerprint density at radius 3 is 2.14 bits per heavy atom. The maximum atomic E-state index is 12.5. The van der Waals surface area contributed by atoms with Gasteiger partial charge in [-0.2, -0.15) is 0 Å². The third-order valence-corrected chi connectivity index (χ3v) is 3.95. The second kappa shape index (κ2) is 8.08. The van der Waals surface area contributed by atoms with Gasteiger partial charge in [0.2, 0.25) is 5.95 Å². The molecule has 1 fully saturated rings. The highest BCUT2D eigenvalue weighted by atomic mass is 16.2. The van der Waals surface area contributed by atoms with Gasteiger partial charge in [0.15, 0.2) is 0 Å². The molecule has 0 aliphatic carbocycles. The summed E-state index contributed by atoms with van der Waals surface area (Å²) in [4.78, 5) is 27.6. The SMILES string of the molecule is CCCN(CCC)C(=O)c1cnc(N2CCN(C)CC2)nc1. The lowest BCUT2D eigenvalue weighted by molar-refractivity contribution is 0.0754. The van der Waals surface area contributed by atoms with Crippen molar-refractivity contribution in [2.45, 2.75) is 26.7 Å². The van der Waals surface area contributed by atoms with Crippen molar-refractivity contribution >= 4 is 11.9 Å². The summed E-state index contributed by atoms with van der Waals surface area (Å²) in [5.41, 5.74) is 0.583. The molecule has 22 heavy (non-hydrogen) atoms. The summed E-state index contributed by atoms with van der Waals surface area (Å²) in [5.74, 6) is 0.760. The highest BCUT2D eigenvalue weighted by molar-refractivity contribution is 5.93. The molecule has 1 aliphatic heterocycles. The van der Waals surface area contributed by atoms with Crippen molar-refractivity contribution in [2.24, 2.45) is 0 Å². The predicted octanol–water partition coefficient (Wildman–Crippen LogP) is 1.49. The maximum absolute atomic E-state index is 12.5. The minimum atomic E-state index is 0.0358. The van der Waals surface area contributed by atoms with Crippen molar-refractivity contribution in [3.05, 3.63) is 18.0 Å². The summed E-state index contributed by atoms with van der Waals surface area (Å²) in [7, 11) is 2.12. The van der Waals surface area contributed by atoms with Crippen LogP contribution in [0.1, 0.15) is 37.0 Å². The Labute approximate surface area is 133 Å². The van der Waals surface area contributed by atoms with Gasteiger partial charge >= 0.3 is 0 Å². The molecule has 0 N–H and O–H groups in total. The minimum absolute atomic E-state index is 0.0358. The number of aromatic nitrogens is 2. The molecule has 1 amide bonds. The number of hydrogen-bond acceptors (Lipinski definition) is 5. The van der Waals surface area contributed by atoms with Crippen LogP contribution in [0.2, 0.25) is 0 Å². The molecule has 1 aromatic heterocycles. The van der Waals surface area contributed by atoms with Gasteiger partial charge in [0.1, 0.15) is 0 Å². The third kappa shape index (κ3) is 4.16. The fourth-order valence-electron chi connectivity index (χ4n) is 2.64. The van der Waals surface area contributed by atoms with Crippen molar-refractivity contribution in [1.29, 1.82) is 0 Å². The van der Waals surface area contributed by atoms with Gasteiger partial charge in [-0.05, 0) is 19.9 Å². The second-order valence-corrected chi connectivity index (χ2v) is 5.85. The molecule has 0 aromatic carbocycles. The fourth-order valence-corrected chi connectivity index (χ4v) is 2.64. The number of rotatable bonds is 6. The number of hydrogen-bond donors (Lipinski definition) is 0. The Hall–Kier alpha value is -1.69. The van der Waals surface area contributed by atoms with Gasteiger partial charge in [0.25, 0.3) is 5.91 Å². The molecule has 1 saturated heterocycles. The average Bonchev–Trinajstić information content (AvgIpc) is 2.55. The van der Waals surface area contributed by atoms with Crippen LogP contribution in [0.4, 0.5) is 5.95 Å². The van der Waals surface area contributed by atoms with Gasteiger partial charge in [-0.15, -0.1) is 0 Å². The van der Waals surface area contributed by atoms with Crippen molar-refractivity contribution in [1.82, 2.24) is 19.8 Å². The van der Waals surface area contributed by atoms with Crippen molar-refractivity contribution in [3.63, 3.8) is 0 Å². The first kappa shape index (κ1) is 16.7. The van der Waals surface area contributed by atoms with Crippen LogP contribution in [-0.2, 0) is 0 Å². The molecule has 0 radical (unpaired) electrons. The average molecular weight is 305 g/mol. The zero-order valence-electron chi connectivity index (χ0n) is 14.0. The Balaban J connectivity index is 2.02. The van der Waals surface area contributed by atoms with Crippen LogP contribution in [0, 0.1) is 0 Å². The standard InChI is InChI=1S/C16H27N5O/c1-4-6-20(7-5-2)15(22)14-12-17-16(18-13-14)21-10-8-19(3)9-11-21/h12-13H,4-11H2,1-3H3. The summed E-state index contributed by atoms with van der Waals surface area (Å²) in [6.45, 7) is 9.64. The molecule has 0 unspecified atom stereocenters. The lowest BCUT2D eigenvalue weighted by Gasteiger charge is -2.32. The monoisotopic (exact) mass is 305 g/mol. The Bertz CT molecular complexity index is 462. The van der Waals surface area contributed by atoms with E-state index >= 15 is 0 Å². The van der Waals surface area contributed by atoms with E-state index in [2.05, 4.69) is 40.7 Å². The number of nitrogens with zero attached hydrogens (tertiary/aromatic N) is 5. The van der Waals surface area contributed by atoms with Crippen molar-refractivity contribution in [3.8, 4) is 0 Å². The van der Waals surface area contributed by atoms with E-state index in [-0.39, 0.29) is 5.91 Å². The first-order valence-electron chi connectivity index (χ1n) is 8.20. The third-order valence-electron chi connectivity index (χ3n) is 3.95. The summed E-state index contributed by atoms with van der Waals surface area (Å²) in [5, 5.41) is 0. The minimum Gasteiger partial charge on any atom is -0.339 e. The van der Waals surface area contributed by atoms with E-state index < -0.39 is 0 Å². The van der Waals surface area contributed by atoms with Gasteiger partial charge in [-0.3, -0.25) is 4.79 Å². The van der Waals surface area contributed by atoms with E-state index in [1.807, 2.05) is 4.90 Å². The molecular weight excluding hydrogens is 278 g/mol. The number of anilines is 1. The van der Waals surface area contributed by atoms with E-state index in [1.54, 1.807) is 12.4 Å². The number of amides is 1. The van der Waals surface area contributed by atoms with Crippen LogP contribution in [-0.4, -0.2) is 72.0 Å². The second-order valence-electron chi connectivity index (χ2n) is 5.85. The van der Waals surface area contributed by atoms with E-state index in [0.717, 1.165) is 58.1 Å². The highest BCUT2D eigenvalue weighted by Crippen LogP contribution is 2.11. The van der Waals surface area contributed by atoms with Gasteiger partial charge in [0.05, 0.1) is 5.56 Å². The molecule has 2 rings (SSSR count). The highest BCUT2D eigenvalue weighted by Gasteiger charge is 2.18. The molecular formula is C16H27N5O. The zero-order valence-corrected chi connectivity index (χ0v) is 14.0. The fraction of sp³-hybridized carbons (Fsp3) is 0.688. The molecule has 1 aliphatic rings. The van der Waals surface area contributed by atoms with Crippen LogP contribution in [0.3, 0.4) is 0 Å². The molecule has 0 spiro atoms.